The van der Waals surface area contributed by atoms with Gasteiger partial charge in [0.15, 0.2) is 0 Å². The van der Waals surface area contributed by atoms with Crippen molar-refractivity contribution in [3.05, 3.63) is 93.9 Å². The number of carbonyl (C=O) groups is 1. The molecule has 1 amide bonds. The molecule has 32 heavy (non-hydrogen) atoms. The number of thiazole rings is 1. The summed E-state index contributed by atoms with van der Waals surface area (Å²) >= 11 is 1.47. The van der Waals surface area contributed by atoms with Crippen LogP contribution in [0.25, 0.3) is 10.8 Å². The van der Waals surface area contributed by atoms with Crippen LogP contribution in [0.3, 0.4) is 0 Å². The monoisotopic (exact) mass is 445 g/mol. The lowest BCUT2D eigenvalue weighted by Gasteiger charge is -2.18. The summed E-state index contributed by atoms with van der Waals surface area (Å²) in [7, 11) is 2.14. The summed E-state index contributed by atoms with van der Waals surface area (Å²) in [6.07, 6.45) is 0. The number of ether oxygens (including phenoxy) is 1. The Labute approximate surface area is 192 Å². The zero-order chi connectivity index (χ0) is 22.3. The van der Waals surface area contributed by atoms with Crippen LogP contribution in [0.1, 0.15) is 26.6 Å². The first kappa shape index (κ1) is 22.0. The van der Waals surface area contributed by atoms with Gasteiger partial charge in [-0.3, -0.25) is 9.69 Å². The Morgan fingerprint density at radius 2 is 1.81 bits per heavy atom. The summed E-state index contributed by atoms with van der Waals surface area (Å²) in [6, 6.07) is 23.1. The lowest BCUT2D eigenvalue weighted by atomic mass is 10.0. The molecule has 4 rings (SSSR count). The molecule has 1 N–H and O–H groups in total. The van der Waals surface area contributed by atoms with Crippen LogP contribution < -0.4 is 10.1 Å². The van der Waals surface area contributed by atoms with Crippen LogP contribution in [0.4, 0.5) is 0 Å². The molecule has 0 radical (unpaired) electrons. The summed E-state index contributed by atoms with van der Waals surface area (Å²) in [5.41, 5.74) is 3.03. The molecule has 0 spiro atoms. The average Bonchev–Trinajstić information content (AvgIpc) is 3.24. The number of aromatic nitrogens is 1. The normalized spacial score (nSPS) is 11.1. The first-order valence-corrected chi connectivity index (χ1v) is 11.5. The van der Waals surface area contributed by atoms with Crippen LogP contribution in [0.5, 0.6) is 5.75 Å². The Hall–Kier alpha value is -3.22. The topological polar surface area (TPSA) is 54.5 Å². The fraction of sp³-hybridized carbons (Fsp3) is 0.231. The highest BCUT2D eigenvalue weighted by Gasteiger charge is 2.09. The van der Waals surface area contributed by atoms with Gasteiger partial charge in [-0.1, -0.05) is 54.6 Å². The second-order valence-corrected chi connectivity index (χ2v) is 8.87. The molecular formula is C26H27N3O2S. The van der Waals surface area contributed by atoms with Crippen LogP contribution in [0, 0.1) is 6.92 Å². The molecule has 0 bridgehead atoms. The lowest BCUT2D eigenvalue weighted by Crippen LogP contribution is -2.28. The average molecular weight is 446 g/mol. The number of carbonyl (C=O) groups excluding carboxylic acids is 1. The van der Waals surface area contributed by atoms with E-state index in [9.17, 15) is 4.79 Å². The van der Waals surface area contributed by atoms with Gasteiger partial charge in [-0.2, -0.15) is 0 Å². The van der Waals surface area contributed by atoms with Crippen LogP contribution in [-0.4, -0.2) is 36.0 Å². The zero-order valence-electron chi connectivity index (χ0n) is 18.4. The number of hydrogen-bond acceptors (Lipinski definition) is 5. The van der Waals surface area contributed by atoms with E-state index in [0.29, 0.717) is 18.8 Å². The molecule has 1 heterocycles. The number of rotatable bonds is 9. The van der Waals surface area contributed by atoms with Gasteiger partial charge in [0.25, 0.3) is 5.91 Å². The minimum absolute atomic E-state index is 0.164. The summed E-state index contributed by atoms with van der Waals surface area (Å²) in [4.78, 5) is 18.5. The Bertz CT molecular complexity index is 1180. The van der Waals surface area contributed by atoms with Gasteiger partial charge >= 0.3 is 0 Å². The van der Waals surface area contributed by atoms with Gasteiger partial charge in [0, 0.05) is 18.5 Å². The maximum Gasteiger partial charge on any atom is 0.270 e. The summed E-state index contributed by atoms with van der Waals surface area (Å²) in [5, 5.41) is 8.06. The van der Waals surface area contributed by atoms with E-state index >= 15 is 0 Å². The van der Waals surface area contributed by atoms with Gasteiger partial charge < -0.3 is 10.1 Å². The van der Waals surface area contributed by atoms with Crippen molar-refractivity contribution in [2.24, 2.45) is 0 Å². The molecule has 0 saturated carbocycles. The zero-order valence-corrected chi connectivity index (χ0v) is 19.2. The van der Waals surface area contributed by atoms with Crippen molar-refractivity contribution in [3.63, 3.8) is 0 Å². The predicted molar refractivity (Wildman–Crippen MR) is 130 cm³/mol. The molecule has 4 aromatic rings. The highest BCUT2D eigenvalue weighted by molar-refractivity contribution is 7.09. The van der Waals surface area contributed by atoms with Gasteiger partial charge in [0.2, 0.25) is 0 Å². The number of hydrogen-bond donors (Lipinski definition) is 1. The molecular weight excluding hydrogens is 418 g/mol. The van der Waals surface area contributed by atoms with Crippen molar-refractivity contribution in [1.82, 2.24) is 15.2 Å². The smallest absolute Gasteiger partial charge is 0.270 e. The van der Waals surface area contributed by atoms with Crippen molar-refractivity contribution in [3.8, 4) is 5.75 Å². The summed E-state index contributed by atoms with van der Waals surface area (Å²) in [6.45, 7) is 4.47. The Balaban J connectivity index is 1.24. The molecule has 164 valence electrons. The van der Waals surface area contributed by atoms with E-state index in [1.54, 1.807) is 5.38 Å². The predicted octanol–water partition coefficient (Wildman–Crippen LogP) is 5.05. The molecule has 1 aromatic heterocycles. The Kier molecular flexibility index (Phi) is 7.14. The van der Waals surface area contributed by atoms with E-state index < -0.39 is 0 Å². The van der Waals surface area contributed by atoms with Gasteiger partial charge in [-0.05, 0) is 48.0 Å². The second-order valence-electron chi connectivity index (χ2n) is 7.81. The van der Waals surface area contributed by atoms with E-state index in [4.69, 9.17) is 4.74 Å². The molecule has 0 aliphatic heterocycles. The van der Waals surface area contributed by atoms with Gasteiger partial charge in [-0.15, -0.1) is 11.3 Å². The van der Waals surface area contributed by atoms with Crippen molar-refractivity contribution in [2.45, 2.75) is 20.0 Å². The van der Waals surface area contributed by atoms with Crippen molar-refractivity contribution < 1.29 is 9.53 Å². The number of nitrogens with zero attached hydrogens (tertiary/aromatic N) is 2. The maximum absolute atomic E-state index is 12.0. The second kappa shape index (κ2) is 10.4. The third kappa shape index (κ3) is 5.72. The number of aryl methyl sites for hydroxylation is 1. The number of fused-ring (bicyclic) bond motifs is 1. The van der Waals surface area contributed by atoms with Crippen LogP contribution in [0.15, 0.2) is 72.1 Å². The third-order valence-electron chi connectivity index (χ3n) is 5.20. The highest BCUT2D eigenvalue weighted by atomic mass is 32.1. The van der Waals surface area contributed by atoms with Crippen LogP contribution >= 0.6 is 11.3 Å². The molecule has 0 fully saturated rings. The minimum Gasteiger partial charge on any atom is -0.492 e. The van der Waals surface area contributed by atoms with E-state index in [0.717, 1.165) is 23.8 Å². The molecule has 6 heteroatoms. The fourth-order valence-electron chi connectivity index (χ4n) is 3.67. The SMILES string of the molecule is Cc1nc(C(=O)NCCOc2ccc(CN(C)Cc3cccc4ccccc34)cc2)cs1. The van der Waals surface area contributed by atoms with Crippen molar-refractivity contribution >= 4 is 28.0 Å². The molecule has 5 nitrogen and oxygen atoms in total. The van der Waals surface area contributed by atoms with E-state index in [1.165, 1.54) is 33.2 Å². The largest absolute Gasteiger partial charge is 0.492 e. The molecule has 0 atom stereocenters. The number of benzene rings is 3. The maximum atomic E-state index is 12.0. The molecule has 3 aromatic carbocycles. The number of nitrogens with one attached hydrogen (secondary N) is 1. The van der Waals surface area contributed by atoms with Crippen LogP contribution in [0.2, 0.25) is 0 Å². The van der Waals surface area contributed by atoms with Gasteiger partial charge in [0.05, 0.1) is 11.6 Å². The van der Waals surface area contributed by atoms with E-state index in [1.807, 2.05) is 19.1 Å². The van der Waals surface area contributed by atoms with E-state index in [2.05, 4.69) is 76.8 Å². The molecule has 0 saturated heterocycles. The lowest BCUT2D eigenvalue weighted by molar-refractivity contribution is 0.0942. The molecule has 0 unspecified atom stereocenters. The summed E-state index contributed by atoms with van der Waals surface area (Å²) < 4.78 is 5.76. The first-order valence-electron chi connectivity index (χ1n) is 10.7. The first-order chi connectivity index (χ1) is 15.6. The fourth-order valence-corrected chi connectivity index (χ4v) is 4.26. The summed E-state index contributed by atoms with van der Waals surface area (Å²) in [5.74, 6) is 0.631. The van der Waals surface area contributed by atoms with Gasteiger partial charge in [-0.25, -0.2) is 4.98 Å². The van der Waals surface area contributed by atoms with Gasteiger partial charge in [0.1, 0.15) is 18.1 Å². The standard InChI is InChI=1S/C26H27N3O2S/c1-19-28-25(18-32-19)26(30)27-14-15-31-23-12-10-20(11-13-23)16-29(2)17-22-8-5-7-21-6-3-4-9-24(21)22/h3-13,18H,14-17H2,1-2H3,(H,27,30). The molecule has 0 aliphatic carbocycles. The Morgan fingerprint density at radius 3 is 2.59 bits per heavy atom. The van der Waals surface area contributed by atoms with Crippen molar-refractivity contribution in [2.75, 3.05) is 20.2 Å². The number of amides is 1. The third-order valence-corrected chi connectivity index (χ3v) is 5.98. The highest BCUT2D eigenvalue weighted by Crippen LogP contribution is 2.21. The molecule has 0 aliphatic rings. The Morgan fingerprint density at radius 1 is 1.03 bits per heavy atom. The van der Waals surface area contributed by atoms with E-state index in [-0.39, 0.29) is 5.91 Å². The quantitative estimate of drug-likeness (QED) is 0.367. The minimum atomic E-state index is -0.164. The van der Waals surface area contributed by atoms with Crippen molar-refractivity contribution in [1.29, 1.82) is 0 Å². The van der Waals surface area contributed by atoms with Crippen LogP contribution in [-0.2, 0) is 13.1 Å².